The molecule has 0 bridgehead atoms. The predicted molar refractivity (Wildman–Crippen MR) is 132 cm³/mol. The minimum Gasteiger partial charge on any atom is -0.354 e. The molecule has 168 valence electrons. The maximum atomic E-state index is 13.0. The number of quaternary nitrogens is 1. The van der Waals surface area contributed by atoms with Crippen LogP contribution in [0, 0.1) is 0 Å². The second-order valence-corrected chi connectivity index (χ2v) is 8.01. The Hall–Kier alpha value is -4.36. The van der Waals surface area contributed by atoms with E-state index in [0.29, 0.717) is 18.7 Å². The third-order valence-corrected chi connectivity index (χ3v) is 5.79. The summed E-state index contributed by atoms with van der Waals surface area (Å²) >= 11 is 0. The van der Waals surface area contributed by atoms with Crippen molar-refractivity contribution >= 4 is 16.8 Å². The number of nitrogens with zero attached hydrogens (tertiary/aromatic N) is 3. The van der Waals surface area contributed by atoms with Crippen molar-refractivity contribution in [1.29, 1.82) is 0 Å². The molecule has 5 aromatic rings. The smallest absolute Gasteiger partial charge is 0.270 e. The molecule has 0 aliphatic rings. The molecule has 0 saturated carbocycles. The molecule has 34 heavy (non-hydrogen) atoms. The number of pyridine rings is 2. The number of nitrogens with one attached hydrogen (secondary N) is 2. The highest BCUT2D eigenvalue weighted by molar-refractivity contribution is 6.06. The summed E-state index contributed by atoms with van der Waals surface area (Å²) in [6.07, 6.45) is 5.68. The Bertz CT molecular complexity index is 1410. The molecule has 3 aromatic heterocycles. The zero-order chi connectivity index (χ0) is 23.3. The fraction of sp³-hybridized carbons (Fsp3) is 0.111. The number of amides is 1. The van der Waals surface area contributed by atoms with Crippen LogP contribution in [0.15, 0.2) is 85.5 Å². The Balaban J connectivity index is 1.56. The second kappa shape index (κ2) is 9.64. The van der Waals surface area contributed by atoms with Gasteiger partial charge >= 0.3 is 0 Å². The van der Waals surface area contributed by atoms with Gasteiger partial charge < -0.3 is 16.0 Å². The number of hydrogen-bond acceptors (Lipinski definition) is 4. The van der Waals surface area contributed by atoms with Gasteiger partial charge in [0.2, 0.25) is 0 Å². The van der Waals surface area contributed by atoms with Gasteiger partial charge in [-0.2, -0.15) is 0 Å². The van der Waals surface area contributed by atoms with Crippen LogP contribution in [0.2, 0.25) is 0 Å². The Morgan fingerprint density at radius 2 is 1.82 bits per heavy atom. The van der Waals surface area contributed by atoms with E-state index in [1.54, 1.807) is 18.7 Å². The normalized spacial score (nSPS) is 11.0. The summed E-state index contributed by atoms with van der Waals surface area (Å²) in [6, 6.07) is 22.3. The zero-order valence-electron chi connectivity index (χ0n) is 18.7. The highest BCUT2D eigenvalue weighted by Gasteiger charge is 2.17. The molecule has 2 aromatic carbocycles. The molecule has 0 spiro atoms. The van der Waals surface area contributed by atoms with Crippen molar-refractivity contribution in [2.24, 2.45) is 0 Å². The van der Waals surface area contributed by atoms with Crippen molar-refractivity contribution in [3.8, 4) is 22.4 Å². The average molecular weight is 450 g/mol. The molecule has 0 radical (unpaired) electrons. The maximum Gasteiger partial charge on any atom is 0.270 e. The summed E-state index contributed by atoms with van der Waals surface area (Å²) in [5.74, 6) is -0.224. The first-order valence-electron chi connectivity index (χ1n) is 11.2. The van der Waals surface area contributed by atoms with E-state index >= 15 is 0 Å². The molecular formula is C27H25N6O+. The Morgan fingerprint density at radius 1 is 1.00 bits per heavy atom. The van der Waals surface area contributed by atoms with E-state index in [2.05, 4.69) is 62.4 Å². The molecule has 3 heterocycles. The predicted octanol–water partition coefficient (Wildman–Crippen LogP) is 3.40. The molecule has 7 nitrogen and oxygen atoms in total. The monoisotopic (exact) mass is 449 g/mol. The van der Waals surface area contributed by atoms with Crippen LogP contribution in [0.25, 0.3) is 33.3 Å². The lowest BCUT2D eigenvalue weighted by Crippen LogP contribution is -2.47. The second-order valence-electron chi connectivity index (χ2n) is 8.01. The SMILES string of the molecule is [NH3+]Cc1ccc(-c2nc3ccnc(C(=O)NCCc4cnc[nH]4)c3cc2-c2ccccc2)cc1. The summed E-state index contributed by atoms with van der Waals surface area (Å²) < 4.78 is 0. The zero-order valence-corrected chi connectivity index (χ0v) is 18.7. The summed E-state index contributed by atoms with van der Waals surface area (Å²) in [4.78, 5) is 29.5. The number of benzene rings is 2. The molecule has 0 unspecified atom stereocenters. The summed E-state index contributed by atoms with van der Waals surface area (Å²) in [5, 5.41) is 3.69. The van der Waals surface area contributed by atoms with Crippen LogP contribution in [0.1, 0.15) is 21.7 Å². The average Bonchev–Trinajstić information content (AvgIpc) is 3.41. The van der Waals surface area contributed by atoms with Gasteiger partial charge in [-0.15, -0.1) is 0 Å². The van der Waals surface area contributed by atoms with E-state index in [0.717, 1.165) is 45.5 Å². The molecule has 5 rings (SSSR count). The van der Waals surface area contributed by atoms with Gasteiger partial charge in [0.05, 0.1) is 24.1 Å². The lowest BCUT2D eigenvalue weighted by molar-refractivity contribution is -0.386. The van der Waals surface area contributed by atoms with E-state index in [1.165, 1.54) is 5.56 Å². The van der Waals surface area contributed by atoms with Crippen molar-refractivity contribution < 1.29 is 10.5 Å². The van der Waals surface area contributed by atoms with Crippen molar-refractivity contribution in [3.63, 3.8) is 0 Å². The molecule has 0 aliphatic heterocycles. The van der Waals surface area contributed by atoms with E-state index in [-0.39, 0.29) is 5.91 Å². The number of hydrogen-bond donors (Lipinski definition) is 3. The van der Waals surface area contributed by atoms with Crippen molar-refractivity contribution in [2.45, 2.75) is 13.0 Å². The summed E-state index contributed by atoms with van der Waals surface area (Å²) in [7, 11) is 0. The van der Waals surface area contributed by atoms with E-state index in [4.69, 9.17) is 4.98 Å². The third-order valence-electron chi connectivity index (χ3n) is 5.79. The lowest BCUT2D eigenvalue weighted by atomic mass is 9.96. The quantitative estimate of drug-likeness (QED) is 0.354. The minimum absolute atomic E-state index is 0.224. The highest BCUT2D eigenvalue weighted by Crippen LogP contribution is 2.34. The first-order chi connectivity index (χ1) is 16.7. The van der Waals surface area contributed by atoms with Gasteiger partial charge in [-0.1, -0.05) is 54.6 Å². The Labute approximate surface area is 197 Å². The molecule has 5 N–H and O–H groups in total. The van der Waals surface area contributed by atoms with Gasteiger partial charge in [-0.05, 0) is 17.7 Å². The van der Waals surface area contributed by atoms with Gasteiger partial charge in [0.25, 0.3) is 5.91 Å². The van der Waals surface area contributed by atoms with Crippen LogP contribution in [0.5, 0.6) is 0 Å². The lowest BCUT2D eigenvalue weighted by Gasteiger charge is -2.13. The molecule has 7 heteroatoms. The number of imidazole rings is 1. The molecule has 0 aliphatic carbocycles. The van der Waals surface area contributed by atoms with Crippen molar-refractivity contribution in [3.05, 3.63) is 102 Å². The van der Waals surface area contributed by atoms with Crippen LogP contribution >= 0.6 is 0 Å². The van der Waals surface area contributed by atoms with E-state index < -0.39 is 0 Å². The first kappa shape index (κ1) is 21.5. The van der Waals surface area contributed by atoms with Crippen LogP contribution in [-0.2, 0) is 13.0 Å². The Kier molecular flexibility index (Phi) is 6.09. The highest BCUT2D eigenvalue weighted by atomic mass is 16.1. The summed E-state index contributed by atoms with van der Waals surface area (Å²) in [5.41, 5.74) is 11.1. The topological polar surface area (TPSA) is 111 Å². The van der Waals surface area contributed by atoms with Crippen molar-refractivity contribution in [1.82, 2.24) is 25.3 Å². The van der Waals surface area contributed by atoms with Gasteiger partial charge in [-0.25, -0.2) is 9.97 Å². The number of aromatic amines is 1. The van der Waals surface area contributed by atoms with Crippen LogP contribution in [0.3, 0.4) is 0 Å². The molecule has 0 fully saturated rings. The van der Waals surface area contributed by atoms with Crippen LogP contribution < -0.4 is 11.1 Å². The van der Waals surface area contributed by atoms with Gasteiger partial charge in [0.1, 0.15) is 5.69 Å². The maximum absolute atomic E-state index is 13.0. The molecular weight excluding hydrogens is 424 g/mol. The fourth-order valence-electron chi connectivity index (χ4n) is 3.98. The molecule has 0 saturated heterocycles. The third kappa shape index (κ3) is 4.42. The standard InChI is InChI=1S/C27H24N6O/c28-15-18-6-8-20(9-7-18)25-22(19-4-2-1-3-5-19)14-23-24(33-25)11-13-30-26(23)27(34)31-12-10-21-16-29-17-32-21/h1-9,11,13-14,16-17H,10,12,15,28H2,(H,29,32)(H,31,34)/p+1. The fourth-order valence-corrected chi connectivity index (χ4v) is 3.98. The number of carbonyl (C=O) groups is 1. The molecule has 1 amide bonds. The van der Waals surface area contributed by atoms with Crippen LogP contribution in [-0.4, -0.2) is 32.4 Å². The van der Waals surface area contributed by atoms with Crippen LogP contribution in [0.4, 0.5) is 0 Å². The number of carbonyl (C=O) groups excluding carboxylic acids is 1. The Morgan fingerprint density at radius 3 is 2.56 bits per heavy atom. The largest absolute Gasteiger partial charge is 0.354 e. The van der Waals surface area contributed by atoms with Gasteiger partial charge in [0, 0.05) is 53.1 Å². The summed E-state index contributed by atoms with van der Waals surface area (Å²) in [6.45, 7) is 1.22. The number of rotatable bonds is 7. The van der Waals surface area contributed by atoms with E-state index in [9.17, 15) is 4.79 Å². The molecule has 0 atom stereocenters. The minimum atomic E-state index is -0.224. The number of H-pyrrole nitrogens is 1. The van der Waals surface area contributed by atoms with Gasteiger partial charge in [-0.3, -0.25) is 9.78 Å². The first-order valence-corrected chi connectivity index (χ1v) is 11.2. The van der Waals surface area contributed by atoms with E-state index in [1.807, 2.05) is 30.3 Å². The van der Waals surface area contributed by atoms with Crippen molar-refractivity contribution in [2.75, 3.05) is 6.54 Å². The number of fused-ring (bicyclic) bond motifs is 1. The van der Waals surface area contributed by atoms with Gasteiger partial charge in [0.15, 0.2) is 0 Å². The number of aromatic nitrogens is 4.